The Morgan fingerprint density at radius 1 is 0.352 bits per heavy atom. The molecule has 0 rings (SSSR count). The van der Waals surface area contributed by atoms with Crippen molar-refractivity contribution in [2.24, 2.45) is 23.7 Å². The van der Waals surface area contributed by atoms with Crippen LogP contribution in [0.2, 0.25) is 0 Å². The molecule has 0 saturated heterocycles. The SMILES string of the molecule is CCC/C=C\C=C\[C@@H](C)CCCCC.CCCCCC(O)/C=C/C=C\CCSC/C=C\CCCC(=O)O.CCCCC[C@H](C)/C=C/C=C\CCI.CCCCC[C@H](C)/C=C/C=C\CCSC/C=C\CCCC(=O)O.CCCCC[C@H](C)/C=C/C=C\CCSCC=O. The highest BCUT2D eigenvalue weighted by Crippen LogP contribution is 2.15. The first-order valence-electron chi connectivity index (χ1n) is 36.1. The predicted octanol–water partition coefficient (Wildman–Crippen LogP) is 26.1. The lowest BCUT2D eigenvalue weighted by Gasteiger charge is -2.03. The number of halogens is 1. The summed E-state index contributed by atoms with van der Waals surface area (Å²) in [6.45, 7) is 22.6. The fourth-order valence-electron chi connectivity index (χ4n) is 8.26. The van der Waals surface area contributed by atoms with Gasteiger partial charge in [-0.25, -0.2) is 0 Å². The first-order chi connectivity index (χ1) is 44.3. The van der Waals surface area contributed by atoms with Gasteiger partial charge in [-0.05, 0) is 131 Å². The number of rotatable bonds is 57. The van der Waals surface area contributed by atoms with E-state index in [1.165, 1.54) is 139 Å². The average Bonchev–Trinajstić information content (AvgIpc) is 3.53. The molecule has 0 aromatic rings. The van der Waals surface area contributed by atoms with Gasteiger partial charge in [0.05, 0.1) is 6.10 Å². The van der Waals surface area contributed by atoms with Crippen molar-refractivity contribution in [1.29, 1.82) is 0 Å². The number of carbonyl (C=O) groups excluding carboxylic acids is 1. The minimum absolute atomic E-state index is 0.253. The molecule has 91 heavy (non-hydrogen) atoms. The van der Waals surface area contributed by atoms with Crippen molar-refractivity contribution in [3.8, 4) is 0 Å². The summed E-state index contributed by atoms with van der Waals surface area (Å²) >= 11 is 7.87. The monoisotopic (exact) mass is 1430 g/mol. The molecule has 526 valence electrons. The van der Waals surface area contributed by atoms with Crippen molar-refractivity contribution >= 4 is 76.1 Å². The van der Waals surface area contributed by atoms with Gasteiger partial charge in [0.1, 0.15) is 6.29 Å². The van der Waals surface area contributed by atoms with E-state index in [1.54, 1.807) is 11.8 Å². The van der Waals surface area contributed by atoms with Crippen LogP contribution in [0.25, 0.3) is 0 Å². The van der Waals surface area contributed by atoms with E-state index in [-0.39, 0.29) is 18.9 Å². The molecule has 0 aromatic carbocycles. The van der Waals surface area contributed by atoms with Gasteiger partial charge in [0.15, 0.2) is 0 Å². The van der Waals surface area contributed by atoms with Gasteiger partial charge in [-0.3, -0.25) is 9.59 Å². The molecule has 10 heteroatoms. The maximum absolute atomic E-state index is 10.3. The van der Waals surface area contributed by atoms with Gasteiger partial charge >= 0.3 is 11.9 Å². The number of aliphatic hydroxyl groups is 1. The van der Waals surface area contributed by atoms with Gasteiger partial charge < -0.3 is 20.1 Å². The third-order valence-electron chi connectivity index (χ3n) is 14.0. The molecular weight excluding hydrogens is 1290 g/mol. The third kappa shape index (κ3) is 104. The molecule has 0 heterocycles. The number of carboxylic acid groups (broad SMARTS) is 2. The molecule has 0 fully saturated rings. The fraction of sp³-hybridized carbons (Fsp3) is 0.667. The van der Waals surface area contributed by atoms with E-state index in [9.17, 15) is 19.5 Å². The molecule has 0 aromatic heterocycles. The van der Waals surface area contributed by atoms with Gasteiger partial charge in [-0.15, -0.1) is 0 Å². The van der Waals surface area contributed by atoms with Crippen LogP contribution in [0, 0.1) is 23.7 Å². The molecule has 0 spiro atoms. The molecule has 0 aliphatic heterocycles. The molecule has 0 radical (unpaired) electrons. The predicted molar refractivity (Wildman–Crippen MR) is 426 cm³/mol. The van der Waals surface area contributed by atoms with Crippen LogP contribution in [-0.2, 0) is 14.4 Å². The normalized spacial score (nSPS) is 13.7. The number of alkyl halides is 1. The summed E-state index contributed by atoms with van der Waals surface area (Å²) < 4.78 is 1.22. The number of aldehydes is 1. The summed E-state index contributed by atoms with van der Waals surface area (Å²) in [6.07, 6.45) is 88.7. The molecule has 0 saturated carbocycles. The second-order valence-corrected chi connectivity index (χ2v) is 28.1. The first kappa shape index (κ1) is 96.9. The molecule has 6 nitrogen and oxygen atoms in total. The second kappa shape index (κ2) is 89.3. The Kier molecular flexibility index (Phi) is 95.1. The fourth-order valence-corrected chi connectivity index (χ4v) is 10.7. The lowest BCUT2D eigenvalue weighted by Crippen LogP contribution is -2.00. The molecule has 0 aliphatic rings. The van der Waals surface area contributed by atoms with Gasteiger partial charge in [-0.1, -0.05) is 340 Å². The van der Waals surface area contributed by atoms with Crippen LogP contribution in [0.1, 0.15) is 275 Å². The van der Waals surface area contributed by atoms with Crippen LogP contribution >= 0.6 is 57.9 Å². The summed E-state index contributed by atoms with van der Waals surface area (Å²) in [5.74, 6) is 7.30. The Morgan fingerprint density at radius 2 is 0.659 bits per heavy atom. The molecule has 0 bridgehead atoms. The van der Waals surface area contributed by atoms with Crippen LogP contribution < -0.4 is 0 Å². The Morgan fingerprint density at radius 3 is 0.967 bits per heavy atom. The summed E-state index contributed by atoms with van der Waals surface area (Å²) in [6, 6.07) is 0. The van der Waals surface area contributed by atoms with Gasteiger partial charge in [0, 0.05) is 34.5 Å². The van der Waals surface area contributed by atoms with E-state index in [0.29, 0.717) is 17.6 Å². The maximum atomic E-state index is 10.3. The zero-order chi connectivity index (χ0) is 68.4. The lowest BCUT2D eigenvalue weighted by molar-refractivity contribution is -0.138. The zero-order valence-corrected chi connectivity index (χ0v) is 64.7. The maximum Gasteiger partial charge on any atom is 0.303 e. The van der Waals surface area contributed by atoms with E-state index in [4.69, 9.17) is 10.2 Å². The Labute approximate surface area is 590 Å². The highest BCUT2D eigenvalue weighted by molar-refractivity contribution is 14.1. The number of hydrogen-bond acceptors (Lipinski definition) is 7. The van der Waals surface area contributed by atoms with Crippen LogP contribution in [0.4, 0.5) is 0 Å². The zero-order valence-electron chi connectivity index (χ0n) is 60.1. The van der Waals surface area contributed by atoms with Crippen LogP contribution in [0.15, 0.2) is 146 Å². The molecule has 1 unspecified atom stereocenters. The number of unbranched alkanes of at least 4 members (excludes halogenated alkanes) is 13. The minimum Gasteiger partial charge on any atom is -0.481 e. The quantitative estimate of drug-likeness (QED) is 0.0137. The molecule has 0 aliphatic carbocycles. The lowest BCUT2D eigenvalue weighted by atomic mass is 10.0. The number of carboxylic acids is 2. The summed E-state index contributed by atoms with van der Waals surface area (Å²) in [4.78, 5) is 30.7. The molecule has 3 N–H and O–H groups in total. The highest BCUT2D eigenvalue weighted by atomic mass is 127. The number of hydrogen-bond donors (Lipinski definition) is 3. The Bertz CT molecular complexity index is 1750. The van der Waals surface area contributed by atoms with E-state index in [0.717, 1.165) is 105 Å². The second-order valence-electron chi connectivity index (χ2n) is 23.6. The van der Waals surface area contributed by atoms with Gasteiger partial charge in [0.25, 0.3) is 0 Å². The third-order valence-corrected chi connectivity index (χ3v) is 17.4. The Balaban J connectivity index is -0.000000344. The molecule has 5 atom stereocenters. The van der Waals surface area contributed by atoms with Crippen molar-refractivity contribution < 1.29 is 29.7 Å². The number of aliphatic carboxylic acids is 2. The number of allylic oxidation sites excluding steroid dienone is 21. The Hall–Kier alpha value is -2.77. The largest absolute Gasteiger partial charge is 0.481 e. The summed E-state index contributed by atoms with van der Waals surface area (Å²) in [5, 5.41) is 26.7. The number of carbonyl (C=O) groups is 3. The van der Waals surface area contributed by atoms with Crippen LogP contribution in [-0.4, -0.2) is 78.6 Å². The van der Waals surface area contributed by atoms with Crippen LogP contribution in [0.3, 0.4) is 0 Å². The highest BCUT2D eigenvalue weighted by Gasteiger charge is 2.00. The van der Waals surface area contributed by atoms with Crippen LogP contribution in [0.5, 0.6) is 0 Å². The number of aliphatic hydroxyl groups excluding tert-OH is 1. The summed E-state index contributed by atoms with van der Waals surface area (Å²) in [5.41, 5.74) is 0. The van der Waals surface area contributed by atoms with E-state index >= 15 is 0 Å². The molecular formula is C81H141IO6S3. The average molecular weight is 1430 g/mol. The standard InChI is InChI=1S/C20H34O2S.C19H32O3S.C15H26OS.C14H26.C13H23I/c1-3-4-9-14-19(2)15-10-5-7-12-17-23-18-13-8-6-11-16-20(21)22;1-2-3-8-13-18(20)14-9-4-6-11-16-23-17-12-7-5-10-15-19(21)22;1-3-4-7-10-15(2)11-8-5-6-9-13-17-14-12-16;1-4-6-8-9-11-13-14(3)12-10-7-5-2;1-3-4-7-10-13(2)11-8-5-6-9-12-14/h5,7-8,10,13,15,19H,3-4,6,9,11-12,14,16-18H2,1-2H3,(H,21,22);4,6-7,9,12,14,18,20H,2-3,5,8,10-11,13,15-17H2,1H3,(H,21,22);5-6,8,11-12,15H,3-4,7,9-10,13-14H2,1-2H3;8-9,11,13-14H,4-7,10,12H2,1-3H3;5-6,8,11,13H,3-4,7,9-10,12H2,1-2H3/b7-5-,13-8-,15-10+;6-4-,12-7-,14-9+;6-5-,11-8+;9-8-,13-11+;6-5-,11-8+/t19-;;15-;14-;13-/m0.000/s1. The van der Waals surface area contributed by atoms with Gasteiger partial charge in [-0.2, -0.15) is 35.3 Å². The van der Waals surface area contributed by atoms with Crippen molar-refractivity contribution in [3.05, 3.63) is 146 Å². The summed E-state index contributed by atoms with van der Waals surface area (Å²) in [7, 11) is 0. The minimum atomic E-state index is -0.720. The van der Waals surface area contributed by atoms with Crippen molar-refractivity contribution in [1.82, 2.24) is 0 Å². The molecule has 0 amide bonds. The smallest absolute Gasteiger partial charge is 0.303 e. The number of thioether (sulfide) groups is 3. The topological polar surface area (TPSA) is 112 Å². The van der Waals surface area contributed by atoms with E-state index < -0.39 is 11.9 Å². The first-order valence-corrected chi connectivity index (χ1v) is 41.1. The van der Waals surface area contributed by atoms with Crippen molar-refractivity contribution in [3.63, 3.8) is 0 Å². The van der Waals surface area contributed by atoms with Gasteiger partial charge in [0.2, 0.25) is 0 Å². The van der Waals surface area contributed by atoms with Crippen molar-refractivity contribution in [2.45, 2.75) is 281 Å². The van der Waals surface area contributed by atoms with E-state index in [2.05, 4.69) is 219 Å². The van der Waals surface area contributed by atoms with Crippen molar-refractivity contribution in [2.75, 3.05) is 38.9 Å². The van der Waals surface area contributed by atoms with E-state index in [1.807, 2.05) is 41.8 Å².